The number of methoxy groups -OCH3 is 1. The summed E-state index contributed by atoms with van der Waals surface area (Å²) in [6, 6.07) is 0.297. The Morgan fingerprint density at radius 2 is 2.30 bits per heavy atom. The molecule has 0 aliphatic heterocycles. The Balaban J connectivity index is 2.19. The summed E-state index contributed by atoms with van der Waals surface area (Å²) in [5, 5.41) is 0. The summed E-state index contributed by atoms with van der Waals surface area (Å²) in [5.41, 5.74) is 0. The van der Waals surface area contributed by atoms with Gasteiger partial charge in [0.15, 0.2) is 0 Å². The third-order valence-electron chi connectivity index (χ3n) is 1.83. The molecular formula is C6H10ClNO2. The van der Waals surface area contributed by atoms with Crippen molar-refractivity contribution in [3.8, 4) is 0 Å². The normalized spacial score (nSPS) is 31.0. The number of halogens is 1. The molecule has 0 aromatic rings. The van der Waals surface area contributed by atoms with Gasteiger partial charge in [-0.2, -0.15) is 0 Å². The van der Waals surface area contributed by atoms with E-state index in [2.05, 4.69) is 9.57 Å². The highest BCUT2D eigenvalue weighted by molar-refractivity contribution is 6.13. The molecule has 0 unspecified atom stereocenters. The quantitative estimate of drug-likeness (QED) is 0.481. The van der Waals surface area contributed by atoms with Gasteiger partial charge in [-0.1, -0.05) is 0 Å². The lowest BCUT2D eigenvalue weighted by Gasteiger charge is -2.31. The molecule has 0 aromatic heterocycles. The molecule has 10 heavy (non-hydrogen) atoms. The van der Waals surface area contributed by atoms with E-state index in [1.807, 2.05) is 0 Å². The predicted molar refractivity (Wildman–Crippen MR) is 37.5 cm³/mol. The van der Waals surface area contributed by atoms with Crippen molar-refractivity contribution in [3.05, 3.63) is 0 Å². The SMILES string of the molecule is COC(=O)C1CC(NCl)C1. The van der Waals surface area contributed by atoms with Crippen LogP contribution in [0.25, 0.3) is 0 Å². The summed E-state index contributed by atoms with van der Waals surface area (Å²) in [4.78, 5) is 13.3. The van der Waals surface area contributed by atoms with Gasteiger partial charge in [0.1, 0.15) is 0 Å². The van der Waals surface area contributed by atoms with Crippen molar-refractivity contribution < 1.29 is 9.53 Å². The van der Waals surface area contributed by atoms with Crippen LogP contribution in [0.3, 0.4) is 0 Å². The van der Waals surface area contributed by atoms with Crippen LogP contribution in [0.4, 0.5) is 0 Å². The van der Waals surface area contributed by atoms with Crippen LogP contribution in [0.5, 0.6) is 0 Å². The third-order valence-corrected chi connectivity index (χ3v) is 2.14. The van der Waals surface area contributed by atoms with Crippen molar-refractivity contribution in [1.82, 2.24) is 4.84 Å². The van der Waals surface area contributed by atoms with E-state index in [9.17, 15) is 4.79 Å². The van der Waals surface area contributed by atoms with Gasteiger partial charge in [-0.25, -0.2) is 4.84 Å². The van der Waals surface area contributed by atoms with Crippen molar-refractivity contribution in [2.75, 3.05) is 7.11 Å². The molecule has 58 valence electrons. The lowest BCUT2D eigenvalue weighted by atomic mass is 9.81. The minimum atomic E-state index is -0.122. The van der Waals surface area contributed by atoms with Gasteiger partial charge >= 0.3 is 5.97 Å². The number of ether oxygens (including phenoxy) is 1. The highest BCUT2D eigenvalue weighted by Crippen LogP contribution is 2.28. The second kappa shape index (κ2) is 3.21. The highest BCUT2D eigenvalue weighted by Gasteiger charge is 2.34. The molecule has 1 aliphatic carbocycles. The van der Waals surface area contributed by atoms with Crippen LogP contribution < -0.4 is 4.84 Å². The molecule has 1 N–H and O–H groups in total. The van der Waals surface area contributed by atoms with Crippen LogP contribution in [0.2, 0.25) is 0 Å². The van der Waals surface area contributed by atoms with Crippen LogP contribution >= 0.6 is 11.8 Å². The first kappa shape index (κ1) is 7.82. The largest absolute Gasteiger partial charge is 0.469 e. The van der Waals surface area contributed by atoms with Crippen LogP contribution in [0.1, 0.15) is 12.8 Å². The summed E-state index contributed by atoms with van der Waals surface area (Å²) in [7, 11) is 1.41. The second-order valence-corrected chi connectivity index (χ2v) is 2.72. The van der Waals surface area contributed by atoms with E-state index in [-0.39, 0.29) is 11.9 Å². The first-order chi connectivity index (χ1) is 4.77. The Morgan fingerprint density at radius 1 is 1.70 bits per heavy atom. The lowest BCUT2D eigenvalue weighted by Crippen LogP contribution is -2.40. The van der Waals surface area contributed by atoms with E-state index < -0.39 is 0 Å². The van der Waals surface area contributed by atoms with Crippen molar-refractivity contribution in [1.29, 1.82) is 0 Å². The fourth-order valence-electron chi connectivity index (χ4n) is 1.07. The van der Waals surface area contributed by atoms with Crippen LogP contribution in [-0.4, -0.2) is 19.1 Å². The zero-order valence-electron chi connectivity index (χ0n) is 5.76. The van der Waals surface area contributed by atoms with Crippen molar-refractivity contribution in [2.45, 2.75) is 18.9 Å². The molecule has 0 spiro atoms. The molecule has 0 atom stereocenters. The van der Waals surface area contributed by atoms with Gasteiger partial charge in [0.05, 0.1) is 13.0 Å². The number of hydrogen-bond acceptors (Lipinski definition) is 3. The van der Waals surface area contributed by atoms with Crippen LogP contribution in [0, 0.1) is 5.92 Å². The Hall–Kier alpha value is -0.280. The summed E-state index contributed by atoms with van der Waals surface area (Å²) >= 11 is 5.31. The van der Waals surface area contributed by atoms with Gasteiger partial charge in [0.25, 0.3) is 0 Å². The maximum atomic E-state index is 10.8. The average Bonchev–Trinajstić information content (AvgIpc) is 1.85. The number of carbonyl (C=O) groups excluding carboxylic acids is 1. The minimum absolute atomic E-state index is 0.0706. The molecule has 1 aliphatic rings. The number of hydrogen-bond donors (Lipinski definition) is 1. The highest BCUT2D eigenvalue weighted by atomic mass is 35.5. The van der Waals surface area contributed by atoms with E-state index in [1.165, 1.54) is 7.11 Å². The smallest absolute Gasteiger partial charge is 0.308 e. The number of carbonyl (C=O) groups is 1. The molecule has 4 heteroatoms. The van der Waals surface area contributed by atoms with Gasteiger partial charge in [0, 0.05) is 6.04 Å². The summed E-state index contributed by atoms with van der Waals surface area (Å²) in [6.45, 7) is 0. The average molecular weight is 164 g/mol. The van der Waals surface area contributed by atoms with E-state index in [4.69, 9.17) is 11.8 Å². The molecule has 0 aromatic carbocycles. The minimum Gasteiger partial charge on any atom is -0.469 e. The Kier molecular flexibility index (Phi) is 2.51. The predicted octanol–water partition coefficient (Wildman–Crippen LogP) is 0.681. The zero-order chi connectivity index (χ0) is 7.56. The number of rotatable bonds is 2. The van der Waals surface area contributed by atoms with E-state index in [0.29, 0.717) is 6.04 Å². The van der Waals surface area contributed by atoms with E-state index in [1.54, 1.807) is 0 Å². The molecule has 1 saturated carbocycles. The first-order valence-electron chi connectivity index (χ1n) is 3.22. The molecule has 1 rings (SSSR count). The van der Waals surface area contributed by atoms with E-state index in [0.717, 1.165) is 12.8 Å². The van der Waals surface area contributed by atoms with Crippen LogP contribution in [-0.2, 0) is 9.53 Å². The molecule has 0 radical (unpaired) electrons. The van der Waals surface area contributed by atoms with Crippen molar-refractivity contribution in [2.24, 2.45) is 5.92 Å². The summed E-state index contributed by atoms with van der Waals surface area (Å²) in [5.74, 6) is -0.0515. The number of nitrogens with one attached hydrogen (secondary N) is 1. The Bertz CT molecular complexity index is 134. The maximum absolute atomic E-state index is 10.8. The molecule has 3 nitrogen and oxygen atoms in total. The first-order valence-corrected chi connectivity index (χ1v) is 3.59. The molecule has 1 fully saturated rings. The zero-order valence-corrected chi connectivity index (χ0v) is 6.52. The number of esters is 1. The molecule has 0 amide bonds. The third kappa shape index (κ3) is 1.41. The topological polar surface area (TPSA) is 38.3 Å². The standard InChI is InChI=1S/C6H10ClNO2/c1-10-6(9)4-2-5(3-4)8-7/h4-5,8H,2-3H2,1H3. The Labute approximate surface area is 64.8 Å². The van der Waals surface area contributed by atoms with Gasteiger partial charge in [0.2, 0.25) is 0 Å². The lowest BCUT2D eigenvalue weighted by molar-refractivity contribution is -0.148. The second-order valence-electron chi connectivity index (χ2n) is 2.50. The van der Waals surface area contributed by atoms with Gasteiger partial charge in [-0.15, -0.1) is 0 Å². The monoisotopic (exact) mass is 163 g/mol. The molecule has 0 bridgehead atoms. The molecule has 0 saturated heterocycles. The fraction of sp³-hybridized carbons (Fsp3) is 0.833. The van der Waals surface area contributed by atoms with Gasteiger partial charge in [-0.05, 0) is 24.6 Å². The summed E-state index contributed by atoms with van der Waals surface area (Å²) < 4.78 is 4.54. The van der Waals surface area contributed by atoms with E-state index >= 15 is 0 Å². The van der Waals surface area contributed by atoms with Crippen molar-refractivity contribution in [3.63, 3.8) is 0 Å². The molecular weight excluding hydrogens is 154 g/mol. The van der Waals surface area contributed by atoms with Gasteiger partial charge < -0.3 is 4.74 Å². The summed E-state index contributed by atoms with van der Waals surface area (Å²) in [6.07, 6.45) is 1.60. The fourth-order valence-corrected chi connectivity index (χ4v) is 1.24. The van der Waals surface area contributed by atoms with Crippen LogP contribution in [0.15, 0.2) is 0 Å². The Morgan fingerprint density at radius 3 is 2.70 bits per heavy atom. The molecule has 0 heterocycles. The van der Waals surface area contributed by atoms with Gasteiger partial charge in [-0.3, -0.25) is 4.79 Å². The maximum Gasteiger partial charge on any atom is 0.308 e. The van der Waals surface area contributed by atoms with Crippen molar-refractivity contribution >= 4 is 17.7 Å².